The summed E-state index contributed by atoms with van der Waals surface area (Å²) in [6, 6.07) is 11.9. The van der Waals surface area contributed by atoms with Crippen LogP contribution in [0.2, 0.25) is 0 Å². The molecule has 0 spiro atoms. The molecular formula is C21H15F2N7. The minimum Gasteiger partial charge on any atom is -0.382 e. The normalized spacial score (nSPS) is 11.8. The van der Waals surface area contributed by atoms with Crippen LogP contribution in [-0.2, 0) is 0 Å². The van der Waals surface area contributed by atoms with E-state index in [-0.39, 0.29) is 17.2 Å². The number of aromatic nitrogens is 4. The number of nitriles is 1. The van der Waals surface area contributed by atoms with Crippen molar-refractivity contribution < 1.29 is 8.78 Å². The molecule has 9 heteroatoms. The average Bonchev–Trinajstić information content (AvgIpc) is 2.72. The first-order valence-corrected chi connectivity index (χ1v) is 8.97. The third-order valence-electron chi connectivity index (χ3n) is 4.60. The second-order valence-corrected chi connectivity index (χ2v) is 6.60. The Labute approximate surface area is 170 Å². The molecule has 0 aliphatic rings. The lowest BCUT2D eigenvalue weighted by Crippen LogP contribution is -2.14. The minimum atomic E-state index is -0.701. The molecule has 0 aliphatic carbocycles. The van der Waals surface area contributed by atoms with Gasteiger partial charge >= 0.3 is 0 Å². The molecule has 1 atom stereocenters. The lowest BCUT2D eigenvalue weighted by molar-refractivity contribution is 0.584. The Hall–Kier alpha value is -4.19. The van der Waals surface area contributed by atoms with Gasteiger partial charge in [-0.2, -0.15) is 15.5 Å². The van der Waals surface area contributed by atoms with Gasteiger partial charge in [0.15, 0.2) is 0 Å². The number of hydrogen-bond donors (Lipinski definition) is 2. The Bertz CT molecular complexity index is 1280. The van der Waals surface area contributed by atoms with Crippen LogP contribution in [0.5, 0.6) is 0 Å². The topological polar surface area (TPSA) is 113 Å². The van der Waals surface area contributed by atoms with Gasteiger partial charge in [-0.25, -0.2) is 18.7 Å². The second-order valence-electron chi connectivity index (χ2n) is 6.60. The zero-order valence-corrected chi connectivity index (χ0v) is 15.8. The molecule has 0 saturated heterocycles. The fraction of sp³-hybridized carbons (Fsp3) is 0.0952. The summed E-state index contributed by atoms with van der Waals surface area (Å²) in [5.41, 5.74) is 7.71. The molecule has 3 N–H and O–H groups in total. The number of fused-ring (bicyclic) bond motifs is 1. The van der Waals surface area contributed by atoms with Crippen LogP contribution in [-0.4, -0.2) is 20.2 Å². The van der Waals surface area contributed by atoms with Gasteiger partial charge in [-0.3, -0.25) is 0 Å². The fourth-order valence-electron chi connectivity index (χ4n) is 3.26. The van der Waals surface area contributed by atoms with Gasteiger partial charge in [-0.05, 0) is 30.7 Å². The van der Waals surface area contributed by atoms with Crippen LogP contribution in [0.25, 0.3) is 22.0 Å². The first kappa shape index (κ1) is 19.1. The lowest BCUT2D eigenvalue weighted by Gasteiger charge is -2.19. The summed E-state index contributed by atoms with van der Waals surface area (Å²) in [4.78, 5) is 7.88. The number of nitrogens with two attached hydrogens (primary N) is 1. The van der Waals surface area contributed by atoms with Gasteiger partial charge in [-0.1, -0.05) is 18.2 Å². The number of nitrogens with one attached hydrogen (secondary N) is 1. The molecule has 2 aromatic heterocycles. The Morgan fingerprint density at radius 1 is 1.07 bits per heavy atom. The highest BCUT2D eigenvalue weighted by molar-refractivity contribution is 5.95. The van der Waals surface area contributed by atoms with Crippen LogP contribution in [0.1, 0.15) is 24.2 Å². The van der Waals surface area contributed by atoms with Crippen molar-refractivity contribution in [2.24, 2.45) is 0 Å². The number of benzene rings is 2. The highest BCUT2D eigenvalue weighted by Crippen LogP contribution is 2.35. The predicted octanol–water partition coefficient (Wildman–Crippen LogP) is 3.99. The minimum absolute atomic E-state index is 0.0409. The van der Waals surface area contributed by atoms with E-state index in [0.717, 1.165) is 6.07 Å². The summed E-state index contributed by atoms with van der Waals surface area (Å²) in [5.74, 6) is -1.14. The molecular weight excluding hydrogens is 388 g/mol. The zero-order chi connectivity index (χ0) is 21.3. The molecule has 2 aromatic carbocycles. The van der Waals surface area contributed by atoms with Crippen molar-refractivity contribution in [3.8, 4) is 17.2 Å². The van der Waals surface area contributed by atoms with Crippen molar-refractivity contribution >= 4 is 22.5 Å². The van der Waals surface area contributed by atoms with E-state index in [1.807, 2.05) is 18.2 Å². The molecule has 148 valence electrons. The SMILES string of the molecule is CC(Nc1ncnc(N)c1C#N)c1nnc2ccccc2c1-c1cc(F)cc(F)c1. The van der Waals surface area contributed by atoms with Crippen molar-refractivity contribution in [3.05, 3.63) is 71.7 Å². The highest BCUT2D eigenvalue weighted by atomic mass is 19.1. The van der Waals surface area contributed by atoms with Crippen LogP contribution >= 0.6 is 0 Å². The van der Waals surface area contributed by atoms with Gasteiger partial charge in [0.05, 0.1) is 17.3 Å². The predicted molar refractivity (Wildman–Crippen MR) is 108 cm³/mol. The molecule has 1 unspecified atom stereocenters. The average molecular weight is 403 g/mol. The number of nitrogen functional groups attached to an aromatic ring is 1. The highest BCUT2D eigenvalue weighted by Gasteiger charge is 2.21. The smallest absolute Gasteiger partial charge is 0.150 e. The van der Waals surface area contributed by atoms with Gasteiger partial charge in [0, 0.05) is 17.0 Å². The standard InChI is InChI=1S/C21H15F2N7/c1-11(28-21-16(9-24)20(25)26-10-27-21)19-18(12-6-13(22)8-14(23)7-12)15-4-2-3-5-17(15)29-30-19/h2-8,10-11H,1H3,(H3,25,26,27,28). The Morgan fingerprint density at radius 3 is 2.53 bits per heavy atom. The summed E-state index contributed by atoms with van der Waals surface area (Å²) in [5, 5.41) is 21.7. The van der Waals surface area contributed by atoms with Crippen molar-refractivity contribution in [2.45, 2.75) is 13.0 Å². The zero-order valence-electron chi connectivity index (χ0n) is 15.8. The van der Waals surface area contributed by atoms with E-state index in [4.69, 9.17) is 5.73 Å². The first-order valence-electron chi connectivity index (χ1n) is 8.97. The molecule has 0 radical (unpaired) electrons. The maximum absolute atomic E-state index is 14.0. The fourth-order valence-corrected chi connectivity index (χ4v) is 3.26. The van der Waals surface area contributed by atoms with Gasteiger partial charge < -0.3 is 11.1 Å². The van der Waals surface area contributed by atoms with E-state index in [0.29, 0.717) is 27.7 Å². The van der Waals surface area contributed by atoms with E-state index in [1.54, 1.807) is 19.1 Å². The third kappa shape index (κ3) is 3.46. The van der Waals surface area contributed by atoms with Crippen LogP contribution in [0.4, 0.5) is 20.4 Å². The molecule has 2 heterocycles. The maximum atomic E-state index is 14.0. The molecule has 7 nitrogen and oxygen atoms in total. The Morgan fingerprint density at radius 2 is 1.80 bits per heavy atom. The molecule has 0 fully saturated rings. The number of rotatable bonds is 4. The number of nitrogens with zero attached hydrogens (tertiary/aromatic N) is 5. The molecule has 30 heavy (non-hydrogen) atoms. The quantitative estimate of drug-likeness (QED) is 0.529. The number of halogens is 2. The summed E-state index contributed by atoms with van der Waals surface area (Å²) in [6.45, 7) is 1.78. The molecule has 0 amide bonds. The largest absolute Gasteiger partial charge is 0.382 e. The van der Waals surface area contributed by atoms with Crippen molar-refractivity contribution in [3.63, 3.8) is 0 Å². The summed E-state index contributed by atoms with van der Waals surface area (Å²) in [6.07, 6.45) is 1.24. The first-order chi connectivity index (χ1) is 14.5. The van der Waals surface area contributed by atoms with Gasteiger partial charge in [0.2, 0.25) is 0 Å². The number of anilines is 2. The van der Waals surface area contributed by atoms with E-state index >= 15 is 0 Å². The summed E-state index contributed by atoms with van der Waals surface area (Å²) in [7, 11) is 0. The van der Waals surface area contributed by atoms with Crippen LogP contribution in [0, 0.1) is 23.0 Å². The van der Waals surface area contributed by atoms with Crippen LogP contribution in [0.3, 0.4) is 0 Å². The van der Waals surface area contributed by atoms with E-state index < -0.39 is 17.7 Å². The monoisotopic (exact) mass is 403 g/mol. The Kier molecular flexibility index (Phi) is 4.90. The molecule has 0 saturated carbocycles. The summed E-state index contributed by atoms with van der Waals surface area (Å²) < 4.78 is 28.0. The van der Waals surface area contributed by atoms with Crippen molar-refractivity contribution in [2.75, 3.05) is 11.1 Å². The van der Waals surface area contributed by atoms with Gasteiger partial charge in [-0.15, -0.1) is 0 Å². The van der Waals surface area contributed by atoms with E-state index in [2.05, 4.69) is 25.5 Å². The third-order valence-corrected chi connectivity index (χ3v) is 4.60. The van der Waals surface area contributed by atoms with Crippen LogP contribution < -0.4 is 11.1 Å². The molecule has 0 bridgehead atoms. The van der Waals surface area contributed by atoms with E-state index in [1.165, 1.54) is 18.5 Å². The maximum Gasteiger partial charge on any atom is 0.150 e. The Balaban J connectivity index is 1.89. The van der Waals surface area contributed by atoms with Crippen LogP contribution in [0.15, 0.2) is 48.8 Å². The molecule has 4 rings (SSSR count). The van der Waals surface area contributed by atoms with Gasteiger partial charge in [0.25, 0.3) is 0 Å². The number of hydrogen-bond acceptors (Lipinski definition) is 7. The van der Waals surface area contributed by atoms with Crippen molar-refractivity contribution in [1.29, 1.82) is 5.26 Å². The van der Waals surface area contributed by atoms with E-state index in [9.17, 15) is 14.0 Å². The van der Waals surface area contributed by atoms with Crippen molar-refractivity contribution in [1.82, 2.24) is 20.2 Å². The second kappa shape index (κ2) is 7.67. The summed E-state index contributed by atoms with van der Waals surface area (Å²) >= 11 is 0. The molecule has 0 aliphatic heterocycles. The van der Waals surface area contributed by atoms with Gasteiger partial charge in [0.1, 0.15) is 41.2 Å². The molecule has 4 aromatic rings. The lowest BCUT2D eigenvalue weighted by atomic mass is 9.96.